The molecule has 0 aliphatic carbocycles. The number of aryl methyl sites for hydroxylation is 1. The number of alkyl halides is 1. The Bertz CT molecular complexity index is 643. The van der Waals surface area contributed by atoms with Crippen molar-refractivity contribution in [2.75, 3.05) is 13.0 Å². The molecule has 0 bridgehead atoms. The summed E-state index contributed by atoms with van der Waals surface area (Å²) in [6.07, 6.45) is 1.20. The third-order valence-electron chi connectivity index (χ3n) is 2.64. The zero-order chi connectivity index (χ0) is 14.8. The molecule has 110 valence electrons. The van der Waals surface area contributed by atoms with Gasteiger partial charge in [0.2, 0.25) is 0 Å². The Hall–Kier alpha value is -1.41. The highest BCUT2D eigenvalue weighted by Crippen LogP contribution is 2.34. The molecule has 2 heterocycles. The SMILES string of the molecule is Cc1ncnn2c(CC(CF)OCP(=O)(O)O)cnc12. The van der Waals surface area contributed by atoms with Crippen LogP contribution in [0.1, 0.15) is 11.4 Å². The van der Waals surface area contributed by atoms with E-state index in [4.69, 9.17) is 14.5 Å². The maximum Gasteiger partial charge on any atom is 0.350 e. The van der Waals surface area contributed by atoms with Crippen molar-refractivity contribution in [1.82, 2.24) is 19.6 Å². The van der Waals surface area contributed by atoms with Gasteiger partial charge in [-0.3, -0.25) is 4.57 Å². The van der Waals surface area contributed by atoms with Crippen molar-refractivity contribution in [3.05, 3.63) is 23.9 Å². The Balaban J connectivity index is 2.14. The molecule has 0 radical (unpaired) electrons. The van der Waals surface area contributed by atoms with E-state index in [9.17, 15) is 8.96 Å². The molecule has 2 rings (SSSR count). The highest BCUT2D eigenvalue weighted by atomic mass is 31.2. The first-order chi connectivity index (χ1) is 9.40. The van der Waals surface area contributed by atoms with E-state index in [1.165, 1.54) is 17.0 Å². The molecule has 2 aromatic heterocycles. The second-order valence-electron chi connectivity index (χ2n) is 4.27. The molecule has 2 N–H and O–H groups in total. The molecule has 20 heavy (non-hydrogen) atoms. The summed E-state index contributed by atoms with van der Waals surface area (Å²) < 4.78 is 30.0. The molecule has 8 nitrogen and oxygen atoms in total. The fraction of sp³-hybridized carbons (Fsp3) is 0.500. The van der Waals surface area contributed by atoms with Crippen molar-refractivity contribution in [2.24, 2.45) is 0 Å². The number of aromatic nitrogens is 4. The summed E-state index contributed by atoms with van der Waals surface area (Å²) in [4.78, 5) is 25.6. The van der Waals surface area contributed by atoms with Gasteiger partial charge in [0.1, 0.15) is 19.3 Å². The van der Waals surface area contributed by atoms with Crippen LogP contribution in [0.5, 0.6) is 0 Å². The van der Waals surface area contributed by atoms with Crippen molar-refractivity contribution < 1.29 is 23.5 Å². The predicted octanol–water partition coefficient (Wildman–Crippen LogP) is 0.465. The highest BCUT2D eigenvalue weighted by molar-refractivity contribution is 7.51. The molecule has 0 aromatic carbocycles. The zero-order valence-corrected chi connectivity index (χ0v) is 11.6. The molecular weight excluding hydrogens is 290 g/mol. The first kappa shape index (κ1) is 15.0. The summed E-state index contributed by atoms with van der Waals surface area (Å²) in [5.41, 5.74) is 1.81. The quantitative estimate of drug-likeness (QED) is 0.746. The van der Waals surface area contributed by atoms with Gasteiger partial charge in [-0.05, 0) is 6.92 Å². The lowest BCUT2D eigenvalue weighted by atomic mass is 10.2. The van der Waals surface area contributed by atoms with E-state index in [0.29, 0.717) is 17.0 Å². The molecule has 0 amide bonds. The second-order valence-corrected chi connectivity index (χ2v) is 5.86. The Morgan fingerprint density at radius 1 is 1.50 bits per heavy atom. The number of hydrogen-bond acceptors (Lipinski definition) is 5. The Kier molecular flexibility index (Phi) is 4.44. The van der Waals surface area contributed by atoms with Gasteiger partial charge in [0, 0.05) is 6.42 Å². The standard InChI is InChI=1S/C10H14FN4O4P/c1-7-10-12-4-8(15(10)14-5-13-7)2-9(3-11)19-6-20(16,17)18/h4-5,9H,2-3,6H2,1H3,(H2,16,17,18). The average Bonchev–Trinajstić information content (AvgIpc) is 2.78. The van der Waals surface area contributed by atoms with Gasteiger partial charge in [-0.25, -0.2) is 18.9 Å². The molecule has 0 spiro atoms. The lowest BCUT2D eigenvalue weighted by Gasteiger charge is -2.14. The maximum absolute atomic E-state index is 12.9. The molecule has 0 aliphatic heterocycles. The van der Waals surface area contributed by atoms with Crippen molar-refractivity contribution in [3.8, 4) is 0 Å². The molecular formula is C10H14FN4O4P. The molecule has 1 unspecified atom stereocenters. The van der Waals surface area contributed by atoms with E-state index in [2.05, 4.69) is 15.1 Å². The van der Waals surface area contributed by atoms with Crippen molar-refractivity contribution >= 4 is 13.2 Å². The summed E-state index contributed by atoms with van der Waals surface area (Å²) >= 11 is 0. The van der Waals surface area contributed by atoms with Crippen LogP contribution in [0.3, 0.4) is 0 Å². The van der Waals surface area contributed by atoms with Crippen molar-refractivity contribution in [3.63, 3.8) is 0 Å². The first-order valence-corrected chi connectivity index (χ1v) is 7.57. The lowest BCUT2D eigenvalue weighted by molar-refractivity contribution is 0.0552. The highest BCUT2D eigenvalue weighted by Gasteiger charge is 2.20. The number of fused-ring (bicyclic) bond motifs is 1. The van der Waals surface area contributed by atoms with Gasteiger partial charge in [-0.15, -0.1) is 0 Å². The van der Waals surface area contributed by atoms with Gasteiger partial charge in [0.15, 0.2) is 5.65 Å². The van der Waals surface area contributed by atoms with E-state index in [1.807, 2.05) is 0 Å². The summed E-state index contributed by atoms with van der Waals surface area (Å²) in [6.45, 7) is 0.905. The van der Waals surface area contributed by atoms with Crippen LogP contribution in [0.4, 0.5) is 4.39 Å². The van der Waals surface area contributed by atoms with Crippen LogP contribution in [0, 0.1) is 6.92 Å². The number of nitrogens with zero attached hydrogens (tertiary/aromatic N) is 4. The molecule has 10 heteroatoms. The van der Waals surface area contributed by atoms with Crippen molar-refractivity contribution in [1.29, 1.82) is 0 Å². The van der Waals surface area contributed by atoms with E-state index < -0.39 is 26.7 Å². The maximum atomic E-state index is 12.9. The smallest absolute Gasteiger partial charge is 0.350 e. The number of imidazole rings is 1. The monoisotopic (exact) mass is 304 g/mol. The summed E-state index contributed by atoms with van der Waals surface area (Å²) in [5, 5.41) is 4.01. The average molecular weight is 304 g/mol. The summed E-state index contributed by atoms with van der Waals surface area (Å²) in [7, 11) is -4.32. The minimum atomic E-state index is -4.32. The van der Waals surface area contributed by atoms with Gasteiger partial charge >= 0.3 is 7.60 Å². The zero-order valence-electron chi connectivity index (χ0n) is 10.7. The van der Waals surface area contributed by atoms with Crippen LogP contribution in [0.25, 0.3) is 5.65 Å². The Morgan fingerprint density at radius 3 is 2.90 bits per heavy atom. The number of hydrogen-bond donors (Lipinski definition) is 2. The van der Waals surface area contributed by atoms with Crippen molar-refractivity contribution in [2.45, 2.75) is 19.4 Å². The fourth-order valence-electron chi connectivity index (χ4n) is 1.71. The minimum absolute atomic E-state index is 0.105. The van der Waals surface area contributed by atoms with Crippen LogP contribution >= 0.6 is 7.60 Å². The number of ether oxygens (including phenoxy) is 1. The molecule has 0 aliphatic rings. The van der Waals surface area contributed by atoms with Crippen LogP contribution < -0.4 is 0 Å². The van der Waals surface area contributed by atoms with E-state index in [0.717, 1.165) is 0 Å². The van der Waals surface area contributed by atoms with Gasteiger partial charge in [-0.2, -0.15) is 5.10 Å². The normalized spacial score (nSPS) is 13.8. The molecule has 0 fully saturated rings. The Morgan fingerprint density at radius 2 is 2.25 bits per heavy atom. The molecule has 0 saturated heterocycles. The fourth-order valence-corrected chi connectivity index (χ4v) is 2.12. The predicted molar refractivity (Wildman–Crippen MR) is 67.0 cm³/mol. The summed E-state index contributed by atoms with van der Waals surface area (Å²) in [5.74, 6) is 0. The lowest BCUT2D eigenvalue weighted by Crippen LogP contribution is -2.20. The van der Waals surface area contributed by atoms with Gasteiger partial charge in [0.05, 0.1) is 23.7 Å². The Labute approximate surface area is 113 Å². The summed E-state index contributed by atoms with van der Waals surface area (Å²) in [6, 6.07) is 0. The molecule has 1 atom stereocenters. The van der Waals surface area contributed by atoms with E-state index in [1.54, 1.807) is 6.92 Å². The van der Waals surface area contributed by atoms with Gasteiger partial charge < -0.3 is 14.5 Å². The third kappa shape index (κ3) is 3.57. The van der Waals surface area contributed by atoms with Crippen LogP contribution in [0.15, 0.2) is 12.5 Å². The third-order valence-corrected chi connectivity index (χ3v) is 3.12. The van der Waals surface area contributed by atoms with Crippen LogP contribution in [-0.2, 0) is 15.7 Å². The van der Waals surface area contributed by atoms with Crippen LogP contribution in [0.2, 0.25) is 0 Å². The largest absolute Gasteiger partial charge is 0.362 e. The molecule has 0 saturated carbocycles. The van der Waals surface area contributed by atoms with Gasteiger partial charge in [-0.1, -0.05) is 0 Å². The minimum Gasteiger partial charge on any atom is -0.362 e. The topological polar surface area (TPSA) is 110 Å². The van der Waals surface area contributed by atoms with E-state index in [-0.39, 0.29) is 6.42 Å². The van der Waals surface area contributed by atoms with Gasteiger partial charge in [0.25, 0.3) is 0 Å². The van der Waals surface area contributed by atoms with Crippen LogP contribution in [-0.4, -0.2) is 48.5 Å². The first-order valence-electron chi connectivity index (χ1n) is 5.77. The number of halogens is 1. The molecule has 2 aromatic rings. The number of rotatable bonds is 6. The second kappa shape index (κ2) is 5.92. The van der Waals surface area contributed by atoms with E-state index >= 15 is 0 Å².